The van der Waals surface area contributed by atoms with Crippen molar-refractivity contribution in [1.82, 2.24) is 0 Å². The molecule has 5 unspecified atom stereocenters. The van der Waals surface area contributed by atoms with Gasteiger partial charge < -0.3 is 48.1 Å². The Kier molecular flexibility index (Phi) is 96.2. The summed E-state index contributed by atoms with van der Waals surface area (Å²) in [6.07, 6.45) is 75.9. The highest BCUT2D eigenvalue weighted by Gasteiger charge is 2.18. The van der Waals surface area contributed by atoms with E-state index < -0.39 is 0 Å². The monoisotopic (exact) mass is 1860 g/mol. The van der Waals surface area contributed by atoms with Gasteiger partial charge >= 0.3 is 0 Å². The van der Waals surface area contributed by atoms with E-state index in [1.807, 2.05) is 31.7 Å². The van der Waals surface area contributed by atoms with Crippen LogP contribution in [0, 0.1) is 0 Å². The van der Waals surface area contributed by atoms with Gasteiger partial charge in [0.25, 0.3) is 0 Å². The van der Waals surface area contributed by atoms with Crippen LogP contribution >= 0.6 is 46.6 Å². The molecule has 128 heavy (non-hydrogen) atoms. The van der Waals surface area contributed by atoms with Gasteiger partial charge in [-0.1, -0.05) is 254 Å². The summed E-state index contributed by atoms with van der Waals surface area (Å²) in [4.78, 5) is 1.34. The zero-order valence-electron chi connectivity index (χ0n) is 85.4. The lowest BCUT2D eigenvalue weighted by Gasteiger charge is -2.22. The Balaban J connectivity index is -0.000000725. The van der Waals surface area contributed by atoms with Gasteiger partial charge in [0.1, 0.15) is 0 Å². The first kappa shape index (κ1) is 130. The van der Waals surface area contributed by atoms with E-state index in [2.05, 4.69) is 267 Å². The molecule has 0 aliphatic carbocycles. The molecule has 738 valence electrons. The van der Waals surface area contributed by atoms with Crippen molar-refractivity contribution in [2.45, 2.75) is 427 Å². The van der Waals surface area contributed by atoms with Crippen molar-refractivity contribution in [3.05, 3.63) is 217 Å². The first-order valence-corrected chi connectivity index (χ1v) is 51.6. The van der Waals surface area contributed by atoms with Crippen molar-refractivity contribution in [2.75, 3.05) is 77.3 Å². The van der Waals surface area contributed by atoms with Crippen molar-refractivity contribution in [2.24, 2.45) is 0 Å². The molecule has 0 amide bonds. The summed E-state index contributed by atoms with van der Waals surface area (Å²) in [6.45, 7) is 56.3. The van der Waals surface area contributed by atoms with Crippen LogP contribution in [0.2, 0.25) is 0 Å². The standard InChI is InChI=1S/C32H48O2S.2C16H28O2.C15H26O3.C11H19Cl.C11H20O.C11H20.CH2Cl2.CH4/c1-6-14-26(2)15-12-16-27(3)23-31(35-30-19-8-7-9-20-30)24-28(4)17-13-18-29(5)25-34-32-21-10-11-22-33-32;2*1-4-8-14(2)9-7-10-15(3)13-18-16-11-5-6-12-17-16;1-13(9-10-16)6-5-7-14(2)12-18-15-8-3-4-11-17-15;2*1-4-6-10(2)7-5-8-11(3)9-12;1-5-7-11(4)9-6-8-10(2)3;2-1-3;/h7-9,14,16,18-20,24,31-32H,6,10-13,15,17,21-23,25H2,1-5H3;2*8,10,16H,4-7,9,11-13H2,1-3H3;7,9,15-16H,3-6,8,10-12H2,1-2H3;6,8H,4-5,7,9H2,1-3H3;6,8,12H,4-5,7,9H2,1-3H3;7-8H,5-6,9H2,1-4H3;1H2;1H4/b26-14+,27-16+,28-24+,29-18+;2*14-8+,15-10+;13-9+,14-7+;2*10-6+,11-8+;11-7+;;. The minimum atomic E-state index is -0.00706. The first-order valence-electron chi connectivity index (χ1n) is 49.1. The Labute approximate surface area is 809 Å². The average molecular weight is 1860 g/mol. The molecule has 0 spiro atoms. The number of thioether (sulfide) groups is 1. The lowest BCUT2D eigenvalue weighted by molar-refractivity contribution is -0.157. The average Bonchev–Trinajstić information content (AvgIpc) is 0.900. The second-order valence-electron chi connectivity index (χ2n) is 34.9. The summed E-state index contributed by atoms with van der Waals surface area (Å²) in [5.41, 5.74) is 22.1. The maximum absolute atomic E-state index is 8.75. The van der Waals surface area contributed by atoms with Gasteiger partial charge in [-0.15, -0.1) is 46.6 Å². The largest absolute Gasteiger partial charge is 0.392 e. The summed E-state index contributed by atoms with van der Waals surface area (Å²) >= 11 is 17.2. The van der Waals surface area contributed by atoms with Crippen molar-refractivity contribution < 1.29 is 48.1 Å². The second-order valence-corrected chi connectivity index (χ2v) is 37.3. The lowest BCUT2D eigenvalue weighted by Crippen LogP contribution is -2.22. The normalized spacial score (nSPS) is 18.3. The Bertz CT molecular complexity index is 3130. The number of aliphatic hydroxyl groups is 2. The molecule has 0 radical (unpaired) electrons. The van der Waals surface area contributed by atoms with Gasteiger partial charge in [-0.2, -0.15) is 0 Å². The van der Waals surface area contributed by atoms with Crippen LogP contribution in [0.3, 0.4) is 0 Å². The molecule has 4 fully saturated rings. The Morgan fingerprint density at radius 3 is 0.844 bits per heavy atom. The highest BCUT2D eigenvalue weighted by Crippen LogP contribution is 2.31. The van der Waals surface area contributed by atoms with Gasteiger partial charge in [0.2, 0.25) is 0 Å². The molecular weight excluding hydrogens is 1670 g/mol. The van der Waals surface area contributed by atoms with Crippen LogP contribution < -0.4 is 0 Å². The predicted octanol–water partition coefficient (Wildman–Crippen LogP) is 35.8. The van der Waals surface area contributed by atoms with E-state index in [1.165, 1.54) is 159 Å². The quantitative estimate of drug-likeness (QED) is 0.0369. The van der Waals surface area contributed by atoms with E-state index >= 15 is 0 Å². The zero-order valence-corrected chi connectivity index (χ0v) is 88.5. The summed E-state index contributed by atoms with van der Waals surface area (Å²) in [6, 6.07) is 10.8. The van der Waals surface area contributed by atoms with Crippen molar-refractivity contribution >= 4 is 46.6 Å². The lowest BCUT2D eigenvalue weighted by atomic mass is 10.0. The topological polar surface area (TPSA) is 114 Å². The number of hydrogen-bond donors (Lipinski definition) is 2. The van der Waals surface area contributed by atoms with Gasteiger partial charge in [0.15, 0.2) is 25.2 Å². The van der Waals surface area contributed by atoms with E-state index in [-0.39, 0.29) is 51.1 Å². The van der Waals surface area contributed by atoms with E-state index in [9.17, 15) is 0 Å². The third-order valence-electron chi connectivity index (χ3n) is 21.1. The third kappa shape index (κ3) is 89.7. The maximum atomic E-state index is 8.75. The predicted molar refractivity (Wildman–Crippen MR) is 568 cm³/mol. The molecule has 4 aliphatic heterocycles. The molecule has 1 aromatic rings. The molecule has 4 aliphatic rings. The van der Waals surface area contributed by atoms with Crippen molar-refractivity contribution in [3.63, 3.8) is 0 Å². The molecule has 10 nitrogen and oxygen atoms in total. The second kappa shape index (κ2) is 94.6. The molecule has 0 saturated carbocycles. The Morgan fingerprint density at radius 1 is 0.336 bits per heavy atom. The highest BCUT2D eigenvalue weighted by atomic mass is 35.5. The molecule has 2 N–H and O–H groups in total. The Hall–Kier alpha value is -4.12. The number of halogens is 3. The van der Waals surface area contributed by atoms with Gasteiger partial charge in [0.05, 0.1) is 45.0 Å². The summed E-state index contributed by atoms with van der Waals surface area (Å²) in [5.74, 6) is 0.663. The molecule has 1 aromatic carbocycles. The van der Waals surface area contributed by atoms with E-state index in [0.717, 1.165) is 186 Å². The third-order valence-corrected chi connectivity index (χ3v) is 22.7. The number of aliphatic hydroxyl groups excluding tert-OH is 2. The molecule has 5 atom stereocenters. The molecular formula is C114H195Cl3O10S. The van der Waals surface area contributed by atoms with Crippen molar-refractivity contribution in [1.29, 1.82) is 0 Å². The highest BCUT2D eigenvalue weighted by molar-refractivity contribution is 8.00. The molecule has 4 heterocycles. The van der Waals surface area contributed by atoms with Crippen LogP contribution in [0.5, 0.6) is 0 Å². The molecule has 4 saturated heterocycles. The van der Waals surface area contributed by atoms with E-state index in [1.54, 1.807) is 0 Å². The molecule has 0 aromatic heterocycles. The number of rotatable bonds is 50. The maximum Gasteiger partial charge on any atom is 0.158 e. The molecule has 5 rings (SSSR count). The van der Waals surface area contributed by atoms with Crippen molar-refractivity contribution in [3.8, 4) is 0 Å². The minimum absolute atomic E-state index is 0. The fourth-order valence-corrected chi connectivity index (χ4v) is 15.0. The van der Waals surface area contributed by atoms with Gasteiger partial charge in [-0.25, -0.2) is 0 Å². The number of ether oxygens (including phenoxy) is 8. The van der Waals surface area contributed by atoms with Crippen LogP contribution in [0.4, 0.5) is 0 Å². The van der Waals surface area contributed by atoms with Crippen LogP contribution in [0.1, 0.15) is 391 Å². The number of alkyl halides is 3. The smallest absolute Gasteiger partial charge is 0.158 e. The number of hydrogen-bond acceptors (Lipinski definition) is 11. The Morgan fingerprint density at radius 2 is 0.594 bits per heavy atom. The van der Waals surface area contributed by atoms with Crippen LogP contribution in [-0.4, -0.2) is 118 Å². The zero-order chi connectivity index (χ0) is 95.1. The van der Waals surface area contributed by atoms with Gasteiger partial charge in [0, 0.05) is 42.5 Å². The fourth-order valence-electron chi connectivity index (χ4n) is 13.6. The minimum Gasteiger partial charge on any atom is -0.392 e. The summed E-state index contributed by atoms with van der Waals surface area (Å²) < 4.78 is 45.4. The number of allylic oxidation sites excluding steroid dienone is 25. The van der Waals surface area contributed by atoms with Crippen LogP contribution in [0.25, 0.3) is 0 Å². The SMILES string of the molecule is C.C/C(=C\CO)CC/C=C(\C)COC1CCCCO1.CC/C=C(\C)CC/C=C(\C)CC(/C=C(\C)CC/C=C(\C)COC1CCCCO1)Sc1ccccc1.CC/C=C(\C)CC/C=C(\C)CCl.CC/C=C(\C)CC/C=C(\C)CO.CC/C=C(\C)CC/C=C(\C)COC1CCCCO1.CC/C=C(\C)CC/C=C(\C)COC1CCCCO1.CC/C=C(\C)CCC=C(C)C.ClCCl. The van der Waals surface area contributed by atoms with Gasteiger partial charge in [-0.05, 0) is 355 Å². The molecule has 14 heteroatoms. The first-order chi connectivity index (χ1) is 61.1. The van der Waals surface area contributed by atoms with Crippen LogP contribution in [0.15, 0.2) is 222 Å². The van der Waals surface area contributed by atoms with Crippen LogP contribution in [-0.2, 0) is 37.9 Å². The summed E-state index contributed by atoms with van der Waals surface area (Å²) in [7, 11) is 0. The summed E-state index contributed by atoms with van der Waals surface area (Å²) in [5, 5.41) is 18.1. The van der Waals surface area contributed by atoms with Gasteiger partial charge in [-0.3, -0.25) is 0 Å². The van der Waals surface area contributed by atoms with E-state index in [4.69, 9.17) is 82.9 Å². The number of benzene rings is 1. The molecule has 0 bridgehead atoms. The van der Waals surface area contributed by atoms with E-state index in [0.29, 0.717) is 37.6 Å². The fraction of sp³-hybridized carbons (Fsp3) is 0.667.